The fourth-order valence-electron chi connectivity index (χ4n) is 1.90. The van der Waals surface area contributed by atoms with Gasteiger partial charge in [0.25, 0.3) is 0 Å². The molecule has 0 heterocycles. The lowest BCUT2D eigenvalue weighted by Gasteiger charge is -2.26. The van der Waals surface area contributed by atoms with Gasteiger partial charge in [-0.1, -0.05) is 30.3 Å². The SMILES string of the molecule is CNC(C#N)(CSc1ccc(F)cc1)c1ccccc1. The molecule has 2 aromatic carbocycles. The van der Waals surface area contributed by atoms with E-state index in [9.17, 15) is 9.65 Å². The molecule has 1 unspecified atom stereocenters. The molecule has 0 aliphatic carbocycles. The number of nitriles is 1. The summed E-state index contributed by atoms with van der Waals surface area (Å²) in [6.45, 7) is 0. The Kier molecular flexibility index (Phi) is 4.78. The molecule has 0 aliphatic heterocycles. The van der Waals surface area contributed by atoms with Gasteiger partial charge in [-0.15, -0.1) is 11.8 Å². The van der Waals surface area contributed by atoms with Crippen LogP contribution in [0.3, 0.4) is 0 Å². The predicted molar refractivity (Wildman–Crippen MR) is 79.9 cm³/mol. The first-order chi connectivity index (χ1) is 9.70. The molecule has 0 saturated heterocycles. The van der Waals surface area contributed by atoms with E-state index in [0.29, 0.717) is 5.75 Å². The summed E-state index contributed by atoms with van der Waals surface area (Å²) in [6.07, 6.45) is 0. The van der Waals surface area contributed by atoms with E-state index < -0.39 is 5.54 Å². The number of nitrogens with one attached hydrogen (secondary N) is 1. The Morgan fingerprint density at radius 3 is 2.35 bits per heavy atom. The average Bonchev–Trinajstić information content (AvgIpc) is 2.51. The van der Waals surface area contributed by atoms with Gasteiger partial charge in [-0.3, -0.25) is 5.32 Å². The average molecular weight is 286 g/mol. The summed E-state index contributed by atoms with van der Waals surface area (Å²) in [6, 6.07) is 18.3. The van der Waals surface area contributed by atoms with Gasteiger partial charge in [-0.2, -0.15) is 5.26 Å². The Morgan fingerprint density at radius 2 is 1.80 bits per heavy atom. The fourth-order valence-corrected chi connectivity index (χ4v) is 2.98. The molecule has 2 aromatic rings. The highest BCUT2D eigenvalue weighted by atomic mass is 32.2. The van der Waals surface area contributed by atoms with Crippen LogP contribution in [0.5, 0.6) is 0 Å². The topological polar surface area (TPSA) is 35.8 Å². The van der Waals surface area contributed by atoms with Gasteiger partial charge in [0.15, 0.2) is 0 Å². The molecule has 0 saturated carbocycles. The van der Waals surface area contributed by atoms with Crippen LogP contribution in [0.4, 0.5) is 4.39 Å². The van der Waals surface area contributed by atoms with E-state index >= 15 is 0 Å². The highest BCUT2D eigenvalue weighted by molar-refractivity contribution is 7.99. The molecule has 1 atom stereocenters. The van der Waals surface area contributed by atoms with Crippen LogP contribution >= 0.6 is 11.8 Å². The Labute approximate surface area is 122 Å². The highest BCUT2D eigenvalue weighted by Gasteiger charge is 2.30. The molecule has 2 nitrogen and oxygen atoms in total. The quantitative estimate of drug-likeness (QED) is 0.854. The summed E-state index contributed by atoms with van der Waals surface area (Å²) < 4.78 is 12.9. The Balaban J connectivity index is 2.18. The number of halogens is 1. The van der Waals surface area contributed by atoms with Crippen LogP contribution in [0, 0.1) is 17.1 Å². The van der Waals surface area contributed by atoms with Crippen LogP contribution in [-0.2, 0) is 5.54 Å². The molecule has 0 radical (unpaired) electrons. The Bertz CT molecular complexity index is 592. The van der Waals surface area contributed by atoms with Crippen molar-refractivity contribution < 1.29 is 4.39 Å². The molecule has 2 rings (SSSR count). The van der Waals surface area contributed by atoms with Crippen molar-refractivity contribution in [1.29, 1.82) is 5.26 Å². The first-order valence-corrected chi connectivity index (χ1v) is 7.23. The van der Waals surface area contributed by atoms with Crippen molar-refractivity contribution in [2.45, 2.75) is 10.4 Å². The summed E-state index contributed by atoms with van der Waals surface area (Å²) in [5, 5.41) is 12.7. The van der Waals surface area contributed by atoms with Crippen molar-refractivity contribution in [3.8, 4) is 6.07 Å². The van der Waals surface area contributed by atoms with Crippen molar-refractivity contribution >= 4 is 11.8 Å². The van der Waals surface area contributed by atoms with Crippen molar-refractivity contribution in [2.24, 2.45) is 0 Å². The van der Waals surface area contributed by atoms with Crippen LogP contribution in [0.25, 0.3) is 0 Å². The molecule has 0 bridgehead atoms. The third kappa shape index (κ3) is 3.19. The normalized spacial score (nSPS) is 13.4. The largest absolute Gasteiger partial charge is 0.298 e. The van der Waals surface area contributed by atoms with Crippen LogP contribution in [-0.4, -0.2) is 12.8 Å². The minimum atomic E-state index is -0.750. The van der Waals surface area contributed by atoms with E-state index in [2.05, 4.69) is 11.4 Å². The zero-order valence-electron chi connectivity index (χ0n) is 11.1. The molecule has 1 N–H and O–H groups in total. The molecule has 0 spiro atoms. The van der Waals surface area contributed by atoms with Crippen LogP contribution in [0.1, 0.15) is 5.56 Å². The fraction of sp³-hybridized carbons (Fsp3) is 0.188. The summed E-state index contributed by atoms with van der Waals surface area (Å²) in [7, 11) is 1.78. The zero-order chi connectivity index (χ0) is 14.4. The maximum Gasteiger partial charge on any atom is 0.141 e. The molecule has 0 aliphatic rings. The number of hydrogen-bond donors (Lipinski definition) is 1. The van der Waals surface area contributed by atoms with E-state index in [4.69, 9.17) is 0 Å². The van der Waals surface area contributed by atoms with Gasteiger partial charge in [-0.05, 0) is 36.9 Å². The molecule has 0 aromatic heterocycles. The summed E-state index contributed by atoms with van der Waals surface area (Å²) in [5.74, 6) is 0.299. The molecule has 102 valence electrons. The molecule has 0 fully saturated rings. The smallest absolute Gasteiger partial charge is 0.141 e. The number of nitrogens with zero attached hydrogens (tertiary/aromatic N) is 1. The van der Waals surface area contributed by atoms with Crippen molar-refractivity contribution in [3.05, 3.63) is 66.0 Å². The van der Waals surface area contributed by atoms with Gasteiger partial charge < -0.3 is 0 Å². The van der Waals surface area contributed by atoms with Gasteiger partial charge in [0.2, 0.25) is 0 Å². The van der Waals surface area contributed by atoms with Crippen LogP contribution in [0.2, 0.25) is 0 Å². The minimum absolute atomic E-state index is 0.252. The van der Waals surface area contributed by atoms with E-state index in [0.717, 1.165) is 10.5 Å². The third-order valence-corrected chi connectivity index (χ3v) is 4.34. The Hall–Kier alpha value is -1.83. The summed E-state index contributed by atoms with van der Waals surface area (Å²) in [4.78, 5) is 0.942. The van der Waals surface area contributed by atoms with Crippen molar-refractivity contribution in [1.82, 2.24) is 5.32 Å². The Morgan fingerprint density at radius 1 is 1.15 bits per heavy atom. The number of benzene rings is 2. The lowest BCUT2D eigenvalue weighted by molar-refractivity contribution is 0.528. The van der Waals surface area contributed by atoms with Gasteiger partial charge in [0.05, 0.1) is 6.07 Å². The van der Waals surface area contributed by atoms with E-state index in [1.165, 1.54) is 23.9 Å². The van der Waals surface area contributed by atoms with Gasteiger partial charge >= 0.3 is 0 Å². The maximum absolute atomic E-state index is 12.9. The second kappa shape index (κ2) is 6.56. The molecule has 20 heavy (non-hydrogen) atoms. The number of hydrogen-bond acceptors (Lipinski definition) is 3. The first-order valence-electron chi connectivity index (χ1n) is 6.24. The van der Waals surface area contributed by atoms with Gasteiger partial charge in [0, 0.05) is 10.6 Å². The number of thioether (sulfide) groups is 1. The van der Waals surface area contributed by atoms with E-state index in [1.807, 2.05) is 30.3 Å². The maximum atomic E-state index is 12.9. The van der Waals surface area contributed by atoms with E-state index in [-0.39, 0.29) is 5.82 Å². The zero-order valence-corrected chi connectivity index (χ0v) is 12.0. The lowest BCUT2D eigenvalue weighted by atomic mass is 9.94. The van der Waals surface area contributed by atoms with Crippen molar-refractivity contribution in [3.63, 3.8) is 0 Å². The molecular formula is C16H15FN2S. The third-order valence-electron chi connectivity index (χ3n) is 3.15. The molecule has 4 heteroatoms. The van der Waals surface area contributed by atoms with Crippen LogP contribution in [0.15, 0.2) is 59.5 Å². The first kappa shape index (κ1) is 14.6. The van der Waals surface area contributed by atoms with Gasteiger partial charge in [0.1, 0.15) is 11.4 Å². The van der Waals surface area contributed by atoms with Crippen LogP contribution < -0.4 is 5.32 Å². The standard InChI is InChI=1S/C16H15FN2S/c1-19-16(11-18,13-5-3-2-4-6-13)12-20-15-9-7-14(17)8-10-15/h2-10,19H,12H2,1H3. The summed E-state index contributed by atoms with van der Waals surface area (Å²) >= 11 is 1.53. The van der Waals surface area contributed by atoms with Gasteiger partial charge in [-0.25, -0.2) is 4.39 Å². The van der Waals surface area contributed by atoms with Crippen molar-refractivity contribution in [2.75, 3.05) is 12.8 Å². The predicted octanol–water partition coefficient (Wildman–Crippen LogP) is 3.56. The monoisotopic (exact) mass is 286 g/mol. The molecular weight excluding hydrogens is 271 g/mol. The number of rotatable bonds is 5. The lowest BCUT2D eigenvalue weighted by Crippen LogP contribution is -2.41. The summed E-state index contributed by atoms with van der Waals surface area (Å²) in [5.41, 5.74) is 0.181. The second-order valence-electron chi connectivity index (χ2n) is 4.38. The minimum Gasteiger partial charge on any atom is -0.298 e. The second-order valence-corrected chi connectivity index (χ2v) is 5.42. The molecule has 0 amide bonds. The highest BCUT2D eigenvalue weighted by Crippen LogP contribution is 2.29. The van der Waals surface area contributed by atoms with E-state index in [1.54, 1.807) is 19.2 Å².